The number of carbonyl (C=O) groups is 2. The lowest BCUT2D eigenvalue weighted by atomic mass is 10.1. The smallest absolute Gasteiger partial charge is 0.289 e. The van der Waals surface area contributed by atoms with Gasteiger partial charge >= 0.3 is 0 Å². The van der Waals surface area contributed by atoms with Gasteiger partial charge in [0.1, 0.15) is 18.0 Å². The van der Waals surface area contributed by atoms with Crippen molar-refractivity contribution in [3.8, 4) is 11.5 Å². The minimum atomic E-state index is -4.68. The van der Waals surface area contributed by atoms with Gasteiger partial charge in [0, 0.05) is 12.1 Å². The molecule has 0 bridgehead atoms. The van der Waals surface area contributed by atoms with Gasteiger partial charge in [-0.15, -0.1) is 0 Å². The number of anilines is 2. The number of rotatable bonds is 10. The van der Waals surface area contributed by atoms with Crippen LogP contribution in [-0.4, -0.2) is 45.9 Å². The number of ether oxygens (including phenoxy) is 2. The first kappa shape index (κ1) is 26.0. The average Bonchev–Trinajstić information content (AvgIpc) is 2.87. The molecule has 0 fully saturated rings. The fourth-order valence-corrected chi connectivity index (χ4v) is 4.95. The van der Waals surface area contributed by atoms with Gasteiger partial charge in [-0.3, -0.25) is 24.0 Å². The van der Waals surface area contributed by atoms with E-state index in [1.54, 1.807) is 12.1 Å². The molecule has 36 heavy (non-hydrogen) atoms. The highest BCUT2D eigenvalue weighted by Gasteiger charge is 2.34. The third-order valence-corrected chi connectivity index (χ3v) is 6.85. The van der Waals surface area contributed by atoms with Crippen LogP contribution in [0.15, 0.2) is 71.6 Å². The zero-order valence-electron chi connectivity index (χ0n) is 19.2. The van der Waals surface area contributed by atoms with Crippen LogP contribution in [0.2, 0.25) is 0 Å². The first-order valence-corrected chi connectivity index (χ1v) is 11.7. The summed E-state index contributed by atoms with van der Waals surface area (Å²) in [5.41, 5.74) is 4.69. The molecular formula is C23H22N4O8S. The Morgan fingerprint density at radius 2 is 1.69 bits per heavy atom. The molecule has 0 aliphatic carbocycles. The molecule has 0 aromatic heterocycles. The molecule has 0 heterocycles. The van der Waals surface area contributed by atoms with E-state index in [1.165, 1.54) is 56.7 Å². The van der Waals surface area contributed by atoms with E-state index in [9.17, 15) is 28.1 Å². The Morgan fingerprint density at radius 3 is 2.33 bits per heavy atom. The molecular weight excluding hydrogens is 492 g/mol. The predicted octanol–water partition coefficient (Wildman–Crippen LogP) is 2.54. The van der Waals surface area contributed by atoms with E-state index < -0.39 is 43.9 Å². The average molecular weight is 515 g/mol. The summed E-state index contributed by atoms with van der Waals surface area (Å²) >= 11 is 0. The number of nitro groups is 1. The summed E-state index contributed by atoms with van der Waals surface area (Å²) in [6.07, 6.45) is 0. The highest BCUT2D eigenvalue weighted by molar-refractivity contribution is 7.93. The molecule has 12 nitrogen and oxygen atoms in total. The minimum Gasteiger partial charge on any atom is -0.497 e. The van der Waals surface area contributed by atoms with Crippen molar-refractivity contribution >= 4 is 38.9 Å². The lowest BCUT2D eigenvalue weighted by molar-refractivity contribution is -0.387. The maximum atomic E-state index is 13.7. The van der Waals surface area contributed by atoms with E-state index in [-0.39, 0.29) is 22.7 Å². The van der Waals surface area contributed by atoms with Gasteiger partial charge in [0.05, 0.1) is 36.1 Å². The zero-order chi connectivity index (χ0) is 26.5. The molecule has 0 spiro atoms. The first-order valence-electron chi connectivity index (χ1n) is 10.3. The summed E-state index contributed by atoms with van der Waals surface area (Å²) in [5, 5.41) is 14.0. The second kappa shape index (κ2) is 10.7. The van der Waals surface area contributed by atoms with Gasteiger partial charge in [0.25, 0.3) is 21.6 Å². The number of hydrogen-bond donors (Lipinski definition) is 2. The fourth-order valence-electron chi connectivity index (χ4n) is 3.36. The molecule has 0 saturated heterocycles. The van der Waals surface area contributed by atoms with Gasteiger partial charge in [-0.2, -0.15) is 0 Å². The highest BCUT2D eigenvalue weighted by atomic mass is 32.2. The highest BCUT2D eigenvalue weighted by Crippen LogP contribution is 2.37. The van der Waals surface area contributed by atoms with Crippen LogP contribution in [-0.2, 0) is 14.8 Å². The molecule has 188 valence electrons. The lowest BCUT2D eigenvalue weighted by Gasteiger charge is -2.26. The van der Waals surface area contributed by atoms with Crippen LogP contribution < -0.4 is 24.8 Å². The lowest BCUT2D eigenvalue weighted by Crippen LogP contribution is -2.38. The third kappa shape index (κ3) is 5.36. The summed E-state index contributed by atoms with van der Waals surface area (Å²) < 4.78 is 38.6. The molecule has 3 rings (SSSR count). The number of nitrogens with zero attached hydrogens (tertiary/aromatic N) is 2. The Balaban J connectivity index is 2.12. The van der Waals surface area contributed by atoms with E-state index in [4.69, 9.17) is 15.2 Å². The van der Waals surface area contributed by atoms with Crippen molar-refractivity contribution < 1.29 is 32.4 Å². The summed E-state index contributed by atoms with van der Waals surface area (Å²) in [7, 11) is -1.99. The maximum absolute atomic E-state index is 13.7. The van der Waals surface area contributed by atoms with Crippen molar-refractivity contribution in [1.29, 1.82) is 0 Å². The summed E-state index contributed by atoms with van der Waals surface area (Å²) in [4.78, 5) is 34.8. The monoisotopic (exact) mass is 514 g/mol. The Hall–Kier alpha value is -4.65. The number of nitro benzene ring substituents is 1. The molecule has 0 unspecified atom stereocenters. The quantitative estimate of drug-likeness (QED) is 0.307. The Bertz CT molecular complexity index is 1430. The number of para-hydroxylation sites is 2. The second-order valence-electron chi connectivity index (χ2n) is 7.23. The van der Waals surface area contributed by atoms with Crippen molar-refractivity contribution in [3.63, 3.8) is 0 Å². The van der Waals surface area contributed by atoms with E-state index in [1.807, 2.05) is 0 Å². The van der Waals surface area contributed by atoms with Crippen molar-refractivity contribution in [2.45, 2.75) is 4.90 Å². The largest absolute Gasteiger partial charge is 0.497 e. The number of sulfonamides is 1. The number of primary amides is 1. The SMILES string of the molecule is COc1ccc(N(CC(=O)Nc2ccccc2C(N)=O)S(=O)(=O)c2ccccc2[N+](=O)[O-])c(OC)c1. The standard InChI is InChI=1S/C23H22N4O8S/c1-34-15-11-12-18(20(13-15)35-2)26(36(32,33)21-10-6-5-9-19(21)27(30)31)14-22(28)25-17-8-4-3-7-16(17)23(24)29/h3-13H,14H2,1-2H3,(H2,24,29)(H,25,28). The van der Waals surface area contributed by atoms with Crippen LogP contribution >= 0.6 is 0 Å². The molecule has 3 N–H and O–H groups in total. The first-order chi connectivity index (χ1) is 17.1. The Kier molecular flexibility index (Phi) is 7.74. The summed E-state index contributed by atoms with van der Waals surface area (Å²) in [6.45, 7) is -0.815. The van der Waals surface area contributed by atoms with E-state index >= 15 is 0 Å². The van der Waals surface area contributed by atoms with Gasteiger partial charge in [0.2, 0.25) is 5.91 Å². The Morgan fingerprint density at radius 1 is 1.03 bits per heavy atom. The molecule has 3 aromatic rings. The molecule has 0 radical (unpaired) electrons. The van der Waals surface area contributed by atoms with Crippen LogP contribution in [0.5, 0.6) is 11.5 Å². The number of nitrogens with one attached hydrogen (secondary N) is 1. The molecule has 0 saturated carbocycles. The van der Waals surface area contributed by atoms with Crippen LogP contribution in [0.4, 0.5) is 17.1 Å². The van der Waals surface area contributed by atoms with Gasteiger partial charge in [-0.1, -0.05) is 24.3 Å². The van der Waals surface area contributed by atoms with Crippen molar-refractivity contribution in [3.05, 3.63) is 82.4 Å². The van der Waals surface area contributed by atoms with Crippen molar-refractivity contribution in [1.82, 2.24) is 0 Å². The minimum absolute atomic E-state index is 0.0148. The molecule has 2 amide bonds. The maximum Gasteiger partial charge on any atom is 0.289 e. The van der Waals surface area contributed by atoms with Gasteiger partial charge < -0.3 is 20.5 Å². The number of methoxy groups -OCH3 is 2. The zero-order valence-corrected chi connectivity index (χ0v) is 20.0. The van der Waals surface area contributed by atoms with Crippen LogP contribution in [0.1, 0.15) is 10.4 Å². The predicted molar refractivity (Wildman–Crippen MR) is 131 cm³/mol. The van der Waals surface area contributed by atoms with Crippen molar-refractivity contribution in [2.24, 2.45) is 5.73 Å². The van der Waals surface area contributed by atoms with Crippen molar-refractivity contribution in [2.75, 3.05) is 30.4 Å². The topological polar surface area (TPSA) is 171 Å². The molecule has 0 atom stereocenters. The molecule has 0 aliphatic rings. The molecule has 3 aromatic carbocycles. The number of carbonyl (C=O) groups excluding carboxylic acids is 2. The van der Waals surface area contributed by atoms with Crippen LogP contribution in [0, 0.1) is 10.1 Å². The normalized spacial score (nSPS) is 10.8. The summed E-state index contributed by atoms with van der Waals surface area (Å²) in [6, 6.07) is 14.9. The van der Waals surface area contributed by atoms with E-state index in [2.05, 4.69) is 5.32 Å². The van der Waals surface area contributed by atoms with E-state index in [0.29, 0.717) is 10.1 Å². The van der Waals surface area contributed by atoms with Crippen LogP contribution in [0.25, 0.3) is 0 Å². The Labute approximate surface area is 206 Å². The number of benzene rings is 3. The van der Waals surface area contributed by atoms with Gasteiger partial charge in [-0.05, 0) is 30.3 Å². The number of nitrogens with two attached hydrogens (primary N) is 1. The third-order valence-electron chi connectivity index (χ3n) is 5.04. The summed E-state index contributed by atoms with van der Waals surface area (Å²) in [5.74, 6) is -1.27. The van der Waals surface area contributed by atoms with Gasteiger partial charge in [-0.25, -0.2) is 8.42 Å². The number of hydrogen-bond acceptors (Lipinski definition) is 8. The molecule has 0 aliphatic heterocycles. The second-order valence-corrected chi connectivity index (χ2v) is 9.06. The van der Waals surface area contributed by atoms with Crippen LogP contribution in [0.3, 0.4) is 0 Å². The van der Waals surface area contributed by atoms with E-state index in [0.717, 1.165) is 12.1 Å². The van der Waals surface area contributed by atoms with Gasteiger partial charge in [0.15, 0.2) is 4.90 Å². The molecule has 13 heteroatoms. The fraction of sp³-hybridized carbons (Fsp3) is 0.130. The number of amides is 2.